The van der Waals surface area contributed by atoms with Crippen molar-refractivity contribution in [3.63, 3.8) is 0 Å². The van der Waals surface area contributed by atoms with Crippen LogP contribution in [-0.4, -0.2) is 39.4 Å². The number of hydrogen-bond donors (Lipinski definition) is 0. The highest BCUT2D eigenvalue weighted by molar-refractivity contribution is 6.24. The number of pyridine rings is 1. The summed E-state index contributed by atoms with van der Waals surface area (Å²) in [5.41, 5.74) is -0.306. The van der Waals surface area contributed by atoms with E-state index in [9.17, 15) is 19.2 Å². The predicted octanol–water partition coefficient (Wildman–Crippen LogP) is 3.46. The lowest BCUT2D eigenvalue weighted by Gasteiger charge is -2.36. The molecule has 2 aliphatic heterocycles. The minimum atomic E-state index is -1.57. The molecular formula is C25H21N3O4. The van der Waals surface area contributed by atoms with Crippen molar-refractivity contribution in [2.24, 2.45) is 0 Å². The van der Waals surface area contributed by atoms with Gasteiger partial charge in [-0.3, -0.25) is 34.0 Å². The number of anilines is 1. The van der Waals surface area contributed by atoms with Gasteiger partial charge in [-0.05, 0) is 45.0 Å². The van der Waals surface area contributed by atoms with Gasteiger partial charge >= 0.3 is 0 Å². The summed E-state index contributed by atoms with van der Waals surface area (Å²) in [5.74, 6) is -1.23. The van der Waals surface area contributed by atoms with Gasteiger partial charge in [-0.15, -0.1) is 0 Å². The molecule has 1 spiro atoms. The predicted molar refractivity (Wildman–Crippen MR) is 118 cm³/mol. The molecule has 3 heterocycles. The van der Waals surface area contributed by atoms with Gasteiger partial charge in [0.05, 0.1) is 17.6 Å². The van der Waals surface area contributed by atoms with Crippen molar-refractivity contribution in [2.45, 2.75) is 38.3 Å². The number of carbonyl (C=O) groups excluding carboxylic acids is 4. The third-order valence-electron chi connectivity index (χ3n) is 6.18. The molecule has 7 heteroatoms. The van der Waals surface area contributed by atoms with Gasteiger partial charge in [0.25, 0.3) is 11.8 Å². The zero-order chi connectivity index (χ0) is 22.8. The number of para-hydroxylation sites is 1. The minimum Gasteiger partial charge on any atom is -0.298 e. The molecule has 1 atom stereocenters. The third-order valence-corrected chi connectivity index (χ3v) is 6.18. The van der Waals surface area contributed by atoms with Crippen molar-refractivity contribution in [1.82, 2.24) is 9.88 Å². The molecule has 7 nitrogen and oxygen atoms in total. The smallest absolute Gasteiger partial charge is 0.261 e. The van der Waals surface area contributed by atoms with Gasteiger partial charge in [0.15, 0.2) is 5.54 Å². The van der Waals surface area contributed by atoms with Crippen LogP contribution in [0, 0.1) is 0 Å². The normalized spacial score (nSPS) is 20.5. The van der Waals surface area contributed by atoms with E-state index in [4.69, 9.17) is 0 Å². The molecule has 32 heavy (non-hydrogen) atoms. The summed E-state index contributed by atoms with van der Waals surface area (Å²) in [6.07, 6.45) is 2.09. The average Bonchev–Trinajstić information content (AvgIpc) is 3.17. The van der Waals surface area contributed by atoms with Crippen LogP contribution < -0.4 is 4.90 Å². The van der Waals surface area contributed by atoms with Crippen LogP contribution in [0.2, 0.25) is 0 Å². The molecule has 0 bridgehead atoms. The summed E-state index contributed by atoms with van der Waals surface area (Å²) in [7, 11) is 0. The van der Waals surface area contributed by atoms with Gasteiger partial charge in [-0.2, -0.15) is 0 Å². The number of aldehydes is 1. The molecule has 3 aromatic rings. The second-order valence-corrected chi connectivity index (χ2v) is 9.16. The lowest BCUT2D eigenvalue weighted by atomic mass is 9.86. The summed E-state index contributed by atoms with van der Waals surface area (Å²) in [6, 6.07) is 13.7. The fourth-order valence-corrected chi connectivity index (χ4v) is 4.90. The zero-order valence-corrected chi connectivity index (χ0v) is 18.0. The Morgan fingerprint density at radius 1 is 1.03 bits per heavy atom. The maximum Gasteiger partial charge on any atom is 0.261 e. The molecule has 1 saturated heterocycles. The Balaban J connectivity index is 1.84. The maximum absolute atomic E-state index is 14.0. The van der Waals surface area contributed by atoms with E-state index in [1.165, 1.54) is 9.80 Å². The highest BCUT2D eigenvalue weighted by Gasteiger charge is 2.64. The van der Waals surface area contributed by atoms with E-state index in [0.717, 1.165) is 5.39 Å². The molecule has 0 aliphatic carbocycles. The van der Waals surface area contributed by atoms with Crippen LogP contribution in [-0.2, 0) is 15.1 Å². The highest BCUT2D eigenvalue weighted by Crippen LogP contribution is 2.51. The van der Waals surface area contributed by atoms with E-state index in [0.29, 0.717) is 34.2 Å². The van der Waals surface area contributed by atoms with E-state index in [-0.39, 0.29) is 12.3 Å². The molecule has 0 N–H and O–H groups in total. The van der Waals surface area contributed by atoms with E-state index in [2.05, 4.69) is 4.98 Å². The van der Waals surface area contributed by atoms with Crippen LogP contribution in [0.5, 0.6) is 0 Å². The van der Waals surface area contributed by atoms with Gasteiger partial charge in [-0.25, -0.2) is 0 Å². The van der Waals surface area contributed by atoms with Crippen LogP contribution in [0.4, 0.5) is 5.69 Å². The first kappa shape index (κ1) is 20.1. The first-order valence-electron chi connectivity index (χ1n) is 10.4. The molecule has 5 rings (SSSR count). The molecule has 1 aromatic heterocycles. The van der Waals surface area contributed by atoms with Gasteiger partial charge < -0.3 is 0 Å². The number of fused-ring (bicyclic) bond motifs is 3. The number of amides is 3. The lowest BCUT2D eigenvalue weighted by Crippen LogP contribution is -2.53. The fraction of sp³-hybridized carbons (Fsp3) is 0.240. The van der Waals surface area contributed by atoms with Crippen molar-refractivity contribution in [1.29, 1.82) is 0 Å². The second-order valence-electron chi connectivity index (χ2n) is 9.16. The number of benzene rings is 2. The highest BCUT2D eigenvalue weighted by atomic mass is 16.2. The second kappa shape index (κ2) is 6.56. The summed E-state index contributed by atoms with van der Waals surface area (Å²) >= 11 is 0. The number of likely N-dealkylation sites (tertiary alicyclic amines) is 1. The Morgan fingerprint density at radius 3 is 2.47 bits per heavy atom. The van der Waals surface area contributed by atoms with Crippen molar-refractivity contribution in [2.75, 3.05) is 4.90 Å². The number of aromatic nitrogens is 1. The van der Waals surface area contributed by atoms with Crippen molar-refractivity contribution in [3.05, 3.63) is 71.4 Å². The van der Waals surface area contributed by atoms with Crippen LogP contribution in [0.3, 0.4) is 0 Å². The molecule has 0 radical (unpaired) electrons. The molecule has 0 unspecified atom stereocenters. The van der Waals surface area contributed by atoms with E-state index in [1.807, 2.05) is 12.1 Å². The summed E-state index contributed by atoms with van der Waals surface area (Å²) in [5, 5.41) is 0.807. The molecular weight excluding hydrogens is 406 g/mol. The van der Waals surface area contributed by atoms with Crippen LogP contribution in [0.25, 0.3) is 10.9 Å². The summed E-state index contributed by atoms with van der Waals surface area (Å²) in [6.45, 7) is 5.35. The topological polar surface area (TPSA) is 87.7 Å². The Labute approximate surface area is 184 Å². The Kier molecular flexibility index (Phi) is 4.11. The average molecular weight is 427 g/mol. The minimum absolute atomic E-state index is 0.201. The zero-order valence-electron chi connectivity index (χ0n) is 18.0. The Bertz CT molecular complexity index is 1340. The van der Waals surface area contributed by atoms with Crippen molar-refractivity contribution >= 4 is 40.6 Å². The first-order valence-corrected chi connectivity index (χ1v) is 10.4. The summed E-state index contributed by atoms with van der Waals surface area (Å²) in [4.78, 5) is 59.6. The van der Waals surface area contributed by atoms with E-state index in [1.54, 1.807) is 63.4 Å². The van der Waals surface area contributed by atoms with Crippen LogP contribution in [0.1, 0.15) is 53.5 Å². The summed E-state index contributed by atoms with van der Waals surface area (Å²) < 4.78 is 0. The fourth-order valence-electron chi connectivity index (χ4n) is 4.90. The van der Waals surface area contributed by atoms with Crippen molar-refractivity contribution < 1.29 is 19.2 Å². The third kappa shape index (κ3) is 2.51. The van der Waals surface area contributed by atoms with Crippen LogP contribution >= 0.6 is 0 Å². The Hall–Kier alpha value is -3.87. The van der Waals surface area contributed by atoms with Gasteiger partial charge in [0.1, 0.15) is 6.29 Å². The van der Waals surface area contributed by atoms with Gasteiger partial charge in [0, 0.05) is 33.8 Å². The molecule has 160 valence electrons. The Morgan fingerprint density at radius 2 is 1.78 bits per heavy atom. The lowest BCUT2D eigenvalue weighted by molar-refractivity contribution is -0.145. The molecule has 3 amide bonds. The van der Waals surface area contributed by atoms with E-state index >= 15 is 0 Å². The molecule has 1 fully saturated rings. The number of hydrogen-bond acceptors (Lipinski definition) is 5. The SMILES string of the molecule is CC(C)(C)N1C(=O)C[C@@]2(C1=O)c1cc(C=O)ccc1C(=O)N2c1cccc2cccnc12. The van der Waals surface area contributed by atoms with E-state index < -0.39 is 22.9 Å². The quantitative estimate of drug-likeness (QED) is 0.462. The molecule has 2 aliphatic rings. The number of rotatable bonds is 2. The van der Waals surface area contributed by atoms with Gasteiger partial charge in [0.2, 0.25) is 5.91 Å². The van der Waals surface area contributed by atoms with Crippen molar-refractivity contribution in [3.8, 4) is 0 Å². The largest absolute Gasteiger partial charge is 0.298 e. The standard InChI is InChI=1S/C25H21N3O4/c1-24(2,3)28-20(30)13-25(23(28)32)18-12-15(14-29)9-10-17(18)22(31)27(25)19-8-4-6-16-7-5-11-26-21(16)19/h4-12,14H,13H2,1-3H3/t25-/m0/s1. The first-order chi connectivity index (χ1) is 15.2. The molecule has 0 saturated carbocycles. The number of nitrogens with zero attached hydrogens (tertiary/aromatic N) is 3. The monoisotopic (exact) mass is 427 g/mol. The maximum atomic E-state index is 14.0. The van der Waals surface area contributed by atoms with Gasteiger partial charge in [-0.1, -0.05) is 24.3 Å². The number of imide groups is 1. The van der Waals surface area contributed by atoms with Crippen LogP contribution in [0.15, 0.2) is 54.7 Å². The molecule has 2 aromatic carbocycles. The number of carbonyl (C=O) groups is 4.